The number of aryl methyl sites for hydroxylation is 2. The number of furan rings is 1. The number of hydrogen-bond donors (Lipinski definition) is 0. The molecule has 130 valence electrons. The zero-order valence-corrected chi connectivity index (χ0v) is 15.1. The third-order valence-electron chi connectivity index (χ3n) is 5.62. The molecule has 1 fully saturated rings. The highest BCUT2D eigenvalue weighted by Crippen LogP contribution is 2.40. The summed E-state index contributed by atoms with van der Waals surface area (Å²) in [5, 5.41) is 0. The molecule has 25 heavy (non-hydrogen) atoms. The van der Waals surface area contributed by atoms with E-state index in [0.717, 1.165) is 41.1 Å². The quantitative estimate of drug-likeness (QED) is 0.769. The van der Waals surface area contributed by atoms with Crippen LogP contribution in [0.5, 0.6) is 0 Å². The molecule has 4 heteroatoms. The van der Waals surface area contributed by atoms with Crippen LogP contribution in [0.25, 0.3) is 11.3 Å². The van der Waals surface area contributed by atoms with Crippen molar-refractivity contribution in [3.05, 3.63) is 45.7 Å². The van der Waals surface area contributed by atoms with Crippen molar-refractivity contribution in [2.75, 3.05) is 13.1 Å². The fourth-order valence-electron chi connectivity index (χ4n) is 3.92. The van der Waals surface area contributed by atoms with Gasteiger partial charge in [-0.3, -0.25) is 14.5 Å². The molecular formula is C21H23NO3. The van der Waals surface area contributed by atoms with Gasteiger partial charge in [0.1, 0.15) is 11.5 Å². The lowest BCUT2D eigenvalue weighted by Crippen LogP contribution is -2.29. The molecule has 0 bridgehead atoms. The van der Waals surface area contributed by atoms with E-state index < -0.39 is 11.6 Å². The minimum absolute atomic E-state index is 0.418. The third-order valence-corrected chi connectivity index (χ3v) is 5.62. The molecule has 1 aromatic heterocycles. The molecule has 0 saturated carbocycles. The molecule has 2 aromatic rings. The number of Topliss-reactive ketones (excluding diaryl/α,β-unsaturated/α-hetero) is 2. The summed E-state index contributed by atoms with van der Waals surface area (Å²) in [5.41, 5.74) is 4.63. The Morgan fingerprint density at radius 1 is 0.920 bits per heavy atom. The van der Waals surface area contributed by atoms with Crippen LogP contribution in [0.3, 0.4) is 0 Å². The molecule has 1 saturated heterocycles. The van der Waals surface area contributed by atoms with E-state index in [4.69, 9.17) is 4.42 Å². The van der Waals surface area contributed by atoms with Crippen LogP contribution in [0.15, 0.2) is 16.5 Å². The van der Waals surface area contributed by atoms with Gasteiger partial charge in [-0.1, -0.05) is 6.42 Å². The van der Waals surface area contributed by atoms with Crippen LogP contribution in [-0.2, 0) is 6.54 Å². The van der Waals surface area contributed by atoms with E-state index in [0.29, 0.717) is 23.4 Å². The Hall–Kier alpha value is -2.20. The average molecular weight is 337 g/mol. The molecule has 1 aliphatic heterocycles. The van der Waals surface area contributed by atoms with Gasteiger partial charge in [0.15, 0.2) is 0 Å². The van der Waals surface area contributed by atoms with Crippen LogP contribution < -0.4 is 0 Å². The van der Waals surface area contributed by atoms with Crippen LogP contribution in [0.2, 0.25) is 0 Å². The second kappa shape index (κ2) is 5.95. The van der Waals surface area contributed by atoms with Crippen LogP contribution >= 0.6 is 0 Å². The van der Waals surface area contributed by atoms with Crippen molar-refractivity contribution >= 4 is 11.6 Å². The molecule has 0 radical (unpaired) electrons. The Balaban J connectivity index is 1.82. The van der Waals surface area contributed by atoms with Crippen molar-refractivity contribution in [2.24, 2.45) is 0 Å². The van der Waals surface area contributed by atoms with Gasteiger partial charge in [0.25, 0.3) is 0 Å². The molecule has 0 amide bonds. The largest absolute Gasteiger partial charge is 0.459 e. The molecule has 1 aliphatic carbocycles. The topological polar surface area (TPSA) is 50.5 Å². The number of benzene rings is 1. The highest BCUT2D eigenvalue weighted by Gasteiger charge is 2.36. The van der Waals surface area contributed by atoms with Crippen molar-refractivity contribution in [1.29, 1.82) is 0 Å². The number of hydrogen-bond acceptors (Lipinski definition) is 4. The smallest absolute Gasteiger partial charge is 0.237 e. The molecule has 0 atom stereocenters. The maximum absolute atomic E-state index is 12.7. The summed E-state index contributed by atoms with van der Waals surface area (Å²) in [6.45, 7) is 8.71. The van der Waals surface area contributed by atoms with Gasteiger partial charge in [-0.05, 0) is 70.0 Å². The van der Waals surface area contributed by atoms with Crippen LogP contribution in [0, 0.1) is 20.8 Å². The number of carbonyl (C=O) groups excluding carboxylic acids is 2. The Kier molecular flexibility index (Phi) is 3.88. The molecule has 0 spiro atoms. The van der Waals surface area contributed by atoms with Gasteiger partial charge < -0.3 is 4.42 Å². The number of carbonyl (C=O) groups is 2. The Bertz CT molecular complexity index is 885. The van der Waals surface area contributed by atoms with E-state index in [9.17, 15) is 9.59 Å². The SMILES string of the molecule is Cc1cc2c(cc1C)-c1oc(CN3CCCCC3)c(C)c1C(=O)C2=O. The van der Waals surface area contributed by atoms with Crippen molar-refractivity contribution in [2.45, 2.75) is 46.6 Å². The van der Waals surface area contributed by atoms with Crippen molar-refractivity contribution in [1.82, 2.24) is 4.90 Å². The summed E-state index contributed by atoms with van der Waals surface area (Å²) in [7, 11) is 0. The first kappa shape index (κ1) is 16.3. The third kappa shape index (κ3) is 2.56. The maximum Gasteiger partial charge on any atom is 0.237 e. The lowest BCUT2D eigenvalue weighted by Gasteiger charge is -2.25. The highest BCUT2D eigenvalue weighted by atomic mass is 16.3. The minimum atomic E-state index is -0.433. The molecule has 4 nitrogen and oxygen atoms in total. The summed E-state index contributed by atoms with van der Waals surface area (Å²) < 4.78 is 6.16. The number of piperidine rings is 1. The van der Waals surface area contributed by atoms with Gasteiger partial charge in [-0.2, -0.15) is 0 Å². The molecule has 0 unspecified atom stereocenters. The van der Waals surface area contributed by atoms with Crippen LogP contribution in [-0.4, -0.2) is 29.6 Å². The predicted molar refractivity (Wildman–Crippen MR) is 96.1 cm³/mol. The number of fused-ring (bicyclic) bond motifs is 3. The van der Waals surface area contributed by atoms with E-state index >= 15 is 0 Å². The monoisotopic (exact) mass is 337 g/mol. The molecule has 0 N–H and O–H groups in total. The number of ketones is 2. The van der Waals surface area contributed by atoms with E-state index in [1.165, 1.54) is 19.3 Å². The predicted octanol–water partition coefficient (Wildman–Crippen LogP) is 4.24. The van der Waals surface area contributed by atoms with E-state index in [1.807, 2.05) is 32.9 Å². The summed E-state index contributed by atoms with van der Waals surface area (Å²) in [6.07, 6.45) is 3.69. The van der Waals surface area contributed by atoms with Gasteiger partial charge >= 0.3 is 0 Å². The summed E-state index contributed by atoms with van der Waals surface area (Å²) >= 11 is 0. The Labute approximate surface area is 147 Å². The fraction of sp³-hybridized carbons (Fsp3) is 0.429. The van der Waals surface area contributed by atoms with Crippen molar-refractivity contribution in [3.8, 4) is 11.3 Å². The molecular weight excluding hydrogens is 314 g/mol. The summed E-state index contributed by atoms with van der Waals surface area (Å²) in [6, 6.07) is 3.79. The van der Waals surface area contributed by atoms with Crippen molar-refractivity contribution < 1.29 is 14.0 Å². The van der Waals surface area contributed by atoms with Gasteiger partial charge in [0.2, 0.25) is 11.6 Å². The van der Waals surface area contributed by atoms with Crippen LogP contribution in [0.1, 0.15) is 62.4 Å². The first-order valence-corrected chi connectivity index (χ1v) is 9.02. The lowest BCUT2D eigenvalue weighted by atomic mass is 9.85. The summed E-state index contributed by atoms with van der Waals surface area (Å²) in [4.78, 5) is 27.6. The van der Waals surface area contributed by atoms with E-state index in [1.54, 1.807) is 0 Å². The standard InChI is InChI=1S/C21H23NO3/c1-12-9-15-16(10-13(12)2)21-18(20(24)19(15)23)14(3)17(25-21)11-22-7-5-4-6-8-22/h9-10H,4-8,11H2,1-3H3. The summed E-state index contributed by atoms with van der Waals surface area (Å²) in [5.74, 6) is 0.544. The molecule has 2 aliphatic rings. The average Bonchev–Trinajstić information content (AvgIpc) is 2.92. The normalized spacial score (nSPS) is 17.6. The Morgan fingerprint density at radius 3 is 2.24 bits per heavy atom. The maximum atomic E-state index is 12.7. The zero-order chi connectivity index (χ0) is 17.7. The minimum Gasteiger partial charge on any atom is -0.459 e. The second-order valence-electron chi connectivity index (χ2n) is 7.33. The number of likely N-dealkylation sites (tertiary alicyclic amines) is 1. The van der Waals surface area contributed by atoms with Crippen molar-refractivity contribution in [3.63, 3.8) is 0 Å². The van der Waals surface area contributed by atoms with Gasteiger partial charge in [0.05, 0.1) is 12.1 Å². The first-order chi connectivity index (χ1) is 12.0. The first-order valence-electron chi connectivity index (χ1n) is 9.02. The van der Waals surface area contributed by atoms with Crippen LogP contribution in [0.4, 0.5) is 0 Å². The Morgan fingerprint density at radius 2 is 1.56 bits per heavy atom. The zero-order valence-electron chi connectivity index (χ0n) is 15.1. The number of nitrogens with zero attached hydrogens (tertiary/aromatic N) is 1. The van der Waals surface area contributed by atoms with E-state index in [2.05, 4.69) is 4.90 Å². The number of rotatable bonds is 2. The molecule has 4 rings (SSSR count). The molecule has 2 heterocycles. The lowest BCUT2D eigenvalue weighted by molar-refractivity contribution is 0.0814. The van der Waals surface area contributed by atoms with Gasteiger partial charge in [-0.25, -0.2) is 0 Å². The highest BCUT2D eigenvalue weighted by molar-refractivity contribution is 6.53. The van der Waals surface area contributed by atoms with E-state index in [-0.39, 0.29) is 0 Å². The van der Waals surface area contributed by atoms with Gasteiger partial charge in [-0.15, -0.1) is 0 Å². The fourth-order valence-corrected chi connectivity index (χ4v) is 3.92. The van der Waals surface area contributed by atoms with Gasteiger partial charge in [0, 0.05) is 16.7 Å². The second-order valence-corrected chi connectivity index (χ2v) is 7.33. The molecule has 1 aromatic carbocycles.